The molecule has 41 heavy (non-hydrogen) atoms. The fourth-order valence-corrected chi connectivity index (χ4v) is 6.67. The average molecular weight is 788 g/mol. The zero-order valence-electron chi connectivity index (χ0n) is 26.1. The van der Waals surface area contributed by atoms with Gasteiger partial charge in [0.05, 0.1) is 5.76 Å². The predicted molar refractivity (Wildman–Crippen MR) is 174 cm³/mol. The summed E-state index contributed by atoms with van der Waals surface area (Å²) in [5.74, 6) is 7.47. The van der Waals surface area contributed by atoms with E-state index in [-0.39, 0.29) is 37.6 Å². The summed E-state index contributed by atoms with van der Waals surface area (Å²) >= 11 is -1.93. The number of aryl methyl sites for hydroxylation is 2. The summed E-state index contributed by atoms with van der Waals surface area (Å²) in [6, 6.07) is 27.6. The molecule has 0 atom stereocenters. The molecule has 0 aliphatic carbocycles. The van der Waals surface area contributed by atoms with Crippen LogP contribution in [0, 0.1) is 31.2 Å². The minimum atomic E-state index is -1.93. The maximum atomic E-state index is 11.3. The van der Waals surface area contributed by atoms with E-state index in [0.29, 0.717) is 0 Å². The quantitative estimate of drug-likeness (QED) is 0.0951. The number of pyridine rings is 1. The summed E-state index contributed by atoms with van der Waals surface area (Å²) in [6.45, 7) is 13.4. The maximum absolute atomic E-state index is 11.3. The second-order valence-electron chi connectivity index (χ2n) is 13.0. The fourth-order valence-electron chi connectivity index (χ4n) is 4.24. The molecule has 0 fully saturated rings. The van der Waals surface area contributed by atoms with Crippen LogP contribution < -0.4 is 4.40 Å². The smallest absolute Gasteiger partial charge is 0 e. The van der Waals surface area contributed by atoms with Gasteiger partial charge in [-0.3, -0.25) is 4.79 Å². The number of carbonyl (C=O) groups excluding carboxylic acids is 1. The molecule has 0 amide bonds. The largest absolute Gasteiger partial charge is 0 e. The number of aromatic nitrogens is 1. The Labute approximate surface area is 263 Å². The number of fused-ring (bicyclic) bond motifs is 1. The van der Waals surface area contributed by atoms with E-state index in [2.05, 4.69) is 104 Å². The third-order valence-corrected chi connectivity index (χ3v) is 11.1. The van der Waals surface area contributed by atoms with Gasteiger partial charge in [0.1, 0.15) is 0 Å². The van der Waals surface area contributed by atoms with Gasteiger partial charge in [-0.15, -0.1) is 0 Å². The molecule has 1 aromatic heterocycles. The first kappa shape index (κ1) is 34.7. The standard InChI is InChI=1S/C26H26GeN.C10H18O2.Ir/c1-18-13-19(2)15-21(14-18)26-17-23(20-9-7-6-8-10-20)24-16-22(27(3,4)5)11-12-25(24)28-26;1-7(2)8(11)6-9(12)10(3,4)5;/h6-14,16-17H,1-5H3;6-7,11H,1-5H3;/q-1;;/b;8-6-;. The summed E-state index contributed by atoms with van der Waals surface area (Å²) in [7, 11) is 0. The number of ketones is 1. The van der Waals surface area contributed by atoms with E-state index in [1.54, 1.807) is 0 Å². The molecule has 0 spiro atoms. The van der Waals surface area contributed by atoms with Gasteiger partial charge in [-0.25, -0.2) is 0 Å². The zero-order chi connectivity index (χ0) is 29.8. The molecular formula is C36H44GeIrNO2-. The van der Waals surface area contributed by atoms with E-state index in [1.165, 1.54) is 32.5 Å². The number of carbonyl (C=O) groups is 1. The van der Waals surface area contributed by atoms with Gasteiger partial charge in [0, 0.05) is 37.5 Å². The molecule has 5 heteroatoms. The van der Waals surface area contributed by atoms with E-state index >= 15 is 0 Å². The third-order valence-electron chi connectivity index (χ3n) is 6.79. The van der Waals surface area contributed by atoms with Crippen LogP contribution in [0.3, 0.4) is 0 Å². The number of allylic oxidation sites excluding steroid dienone is 2. The van der Waals surface area contributed by atoms with E-state index in [1.807, 2.05) is 34.6 Å². The maximum Gasteiger partial charge on any atom is 0 e. The van der Waals surface area contributed by atoms with E-state index < -0.39 is 18.7 Å². The molecule has 0 saturated carbocycles. The monoisotopic (exact) mass is 789 g/mol. The molecule has 0 unspecified atom stereocenters. The molecule has 3 aromatic carbocycles. The van der Waals surface area contributed by atoms with Crippen LogP contribution >= 0.6 is 0 Å². The minimum Gasteiger partial charge on any atom is 0 e. The van der Waals surface area contributed by atoms with Crippen molar-refractivity contribution < 1.29 is 30.0 Å². The summed E-state index contributed by atoms with van der Waals surface area (Å²) in [6.07, 6.45) is 1.32. The van der Waals surface area contributed by atoms with Gasteiger partial charge >= 0.3 is 171 Å². The van der Waals surface area contributed by atoms with Crippen molar-refractivity contribution in [2.24, 2.45) is 11.3 Å². The van der Waals surface area contributed by atoms with Crippen LogP contribution in [0.5, 0.6) is 0 Å². The Morgan fingerprint density at radius 1 is 0.951 bits per heavy atom. The first-order valence-electron chi connectivity index (χ1n) is 14.0. The van der Waals surface area contributed by atoms with Crippen LogP contribution in [0.1, 0.15) is 45.7 Å². The van der Waals surface area contributed by atoms with Crippen molar-refractivity contribution in [3.8, 4) is 22.4 Å². The molecule has 219 valence electrons. The van der Waals surface area contributed by atoms with Gasteiger partial charge in [0.2, 0.25) is 0 Å². The second kappa shape index (κ2) is 14.1. The van der Waals surface area contributed by atoms with Crippen LogP contribution in [0.4, 0.5) is 0 Å². The molecule has 1 radical (unpaired) electrons. The molecule has 0 bridgehead atoms. The van der Waals surface area contributed by atoms with Crippen molar-refractivity contribution in [1.82, 2.24) is 4.98 Å². The van der Waals surface area contributed by atoms with Crippen LogP contribution in [0.15, 0.2) is 78.6 Å². The molecule has 0 aliphatic heterocycles. The third kappa shape index (κ3) is 9.49. The Bertz CT molecular complexity index is 1510. The minimum absolute atomic E-state index is 0. The van der Waals surface area contributed by atoms with Crippen LogP contribution in [-0.4, -0.2) is 29.1 Å². The molecule has 0 aliphatic rings. The number of rotatable bonds is 5. The first-order chi connectivity index (χ1) is 18.6. The molecule has 3 nitrogen and oxygen atoms in total. The van der Waals surface area contributed by atoms with Gasteiger partial charge in [0.25, 0.3) is 0 Å². The predicted octanol–water partition coefficient (Wildman–Crippen LogP) is 9.23. The average Bonchev–Trinajstić information content (AvgIpc) is 2.86. The zero-order valence-corrected chi connectivity index (χ0v) is 30.6. The number of aliphatic hydroxyl groups is 1. The number of hydrogen-bond donors (Lipinski definition) is 1. The van der Waals surface area contributed by atoms with E-state index in [9.17, 15) is 9.90 Å². The number of hydrogen-bond acceptors (Lipinski definition) is 3. The van der Waals surface area contributed by atoms with Gasteiger partial charge in [0.15, 0.2) is 5.78 Å². The molecule has 4 rings (SSSR count). The van der Waals surface area contributed by atoms with E-state index in [4.69, 9.17) is 4.98 Å². The summed E-state index contributed by atoms with van der Waals surface area (Å²) in [4.78, 5) is 16.4. The van der Waals surface area contributed by atoms with Gasteiger partial charge in [-0.1, -0.05) is 34.6 Å². The number of benzene rings is 3. The molecule has 1 heterocycles. The molecule has 4 aromatic rings. The summed E-state index contributed by atoms with van der Waals surface area (Å²) < 4.78 is 1.51. The SMILES string of the molecule is CC(C)/C(O)=C/C(=O)C(C)(C)C.Cc1[c-]c(-c2cc(-c3ccccc3)c3c[c]([Ge]([CH3])([CH3])[CH3])ccc3n2)cc(C)c1.[Ir]. The Hall–Kier alpha value is -2.53. The molecule has 0 saturated heterocycles. The first-order valence-corrected chi connectivity index (χ1v) is 21.4. The molecule has 1 N–H and O–H groups in total. The topological polar surface area (TPSA) is 50.2 Å². The summed E-state index contributed by atoms with van der Waals surface area (Å²) in [5.41, 5.74) is 7.58. The van der Waals surface area contributed by atoms with Crippen molar-refractivity contribution in [2.45, 2.75) is 65.7 Å². The fraction of sp³-hybridized carbons (Fsp3) is 0.333. The van der Waals surface area contributed by atoms with Crippen molar-refractivity contribution in [3.63, 3.8) is 0 Å². The Morgan fingerprint density at radius 3 is 2.12 bits per heavy atom. The van der Waals surface area contributed by atoms with Crippen LogP contribution in [0.25, 0.3) is 33.3 Å². The summed E-state index contributed by atoms with van der Waals surface area (Å²) in [5, 5.41) is 10.5. The number of nitrogens with zero attached hydrogens (tertiary/aromatic N) is 1. The number of aliphatic hydroxyl groups excluding tert-OH is 1. The second-order valence-corrected chi connectivity index (χ2v) is 23.6. The van der Waals surface area contributed by atoms with Crippen molar-refractivity contribution >= 4 is 34.3 Å². The van der Waals surface area contributed by atoms with Crippen molar-refractivity contribution in [1.29, 1.82) is 0 Å². The van der Waals surface area contributed by atoms with Crippen molar-refractivity contribution in [3.05, 3.63) is 95.8 Å². The van der Waals surface area contributed by atoms with Crippen molar-refractivity contribution in [2.75, 3.05) is 0 Å². The Morgan fingerprint density at radius 2 is 1.59 bits per heavy atom. The van der Waals surface area contributed by atoms with Gasteiger partial charge in [-0.2, -0.15) is 0 Å². The Kier molecular flexibility index (Phi) is 11.9. The van der Waals surface area contributed by atoms with Gasteiger partial charge < -0.3 is 5.11 Å². The van der Waals surface area contributed by atoms with Crippen LogP contribution in [-0.2, 0) is 24.9 Å². The Balaban J connectivity index is 0.000000387. The van der Waals surface area contributed by atoms with Gasteiger partial charge in [-0.05, 0) is 0 Å². The normalized spacial score (nSPS) is 12.0. The molecular weight excluding hydrogens is 743 g/mol. The van der Waals surface area contributed by atoms with Crippen LogP contribution in [0.2, 0.25) is 17.3 Å². The van der Waals surface area contributed by atoms with E-state index in [0.717, 1.165) is 22.3 Å².